The van der Waals surface area contributed by atoms with Crippen molar-refractivity contribution in [2.45, 2.75) is 6.92 Å². The summed E-state index contributed by atoms with van der Waals surface area (Å²) < 4.78 is 5.10. The fraction of sp³-hybridized carbons (Fsp3) is 0.0625. The number of ether oxygens (including phenoxy) is 1. The van der Waals surface area contributed by atoms with Crippen molar-refractivity contribution in [1.29, 1.82) is 0 Å². The third kappa shape index (κ3) is 2.36. The number of hydrogen-bond donors (Lipinski definition) is 1. The lowest BCUT2D eigenvalue weighted by Gasteiger charge is -2.03. The number of rotatable bonds is 2. The van der Waals surface area contributed by atoms with Crippen LogP contribution in [0.2, 0.25) is 0 Å². The topological polar surface area (TPSA) is 42.1 Å². The highest BCUT2D eigenvalue weighted by molar-refractivity contribution is 5.86. The Morgan fingerprint density at radius 1 is 1.05 bits per heavy atom. The molecule has 1 aromatic heterocycles. The molecule has 0 amide bonds. The van der Waals surface area contributed by atoms with E-state index in [1.54, 1.807) is 6.07 Å². The van der Waals surface area contributed by atoms with Crippen LogP contribution in [0.25, 0.3) is 22.2 Å². The van der Waals surface area contributed by atoms with Crippen LogP contribution in [0.1, 0.15) is 6.92 Å². The van der Waals surface area contributed by atoms with Gasteiger partial charge in [0.2, 0.25) is 0 Å². The molecule has 0 atom stereocenters. The molecule has 0 saturated heterocycles. The van der Waals surface area contributed by atoms with Crippen molar-refractivity contribution in [1.82, 2.24) is 4.98 Å². The molecule has 0 spiro atoms. The number of para-hydroxylation sites is 1. The van der Waals surface area contributed by atoms with Gasteiger partial charge in [-0.05, 0) is 24.3 Å². The van der Waals surface area contributed by atoms with Crippen LogP contribution >= 0.6 is 0 Å². The van der Waals surface area contributed by atoms with Crippen molar-refractivity contribution in [3.8, 4) is 17.0 Å². The first-order valence-corrected chi connectivity index (χ1v) is 6.09. The maximum Gasteiger partial charge on any atom is 0.308 e. The average Bonchev–Trinajstić information content (AvgIpc) is 2.82. The van der Waals surface area contributed by atoms with E-state index in [9.17, 15) is 4.79 Å². The Morgan fingerprint density at radius 3 is 2.68 bits per heavy atom. The van der Waals surface area contributed by atoms with E-state index in [1.165, 1.54) is 6.92 Å². The summed E-state index contributed by atoms with van der Waals surface area (Å²) in [5.41, 5.74) is 3.10. The van der Waals surface area contributed by atoms with Gasteiger partial charge in [0, 0.05) is 29.1 Å². The molecule has 1 heterocycles. The van der Waals surface area contributed by atoms with Crippen molar-refractivity contribution in [3.05, 3.63) is 54.6 Å². The van der Waals surface area contributed by atoms with E-state index in [-0.39, 0.29) is 5.97 Å². The zero-order valence-electron chi connectivity index (χ0n) is 10.5. The van der Waals surface area contributed by atoms with Gasteiger partial charge in [0.05, 0.1) is 0 Å². The fourth-order valence-corrected chi connectivity index (χ4v) is 2.12. The molecule has 3 rings (SSSR count). The molecular formula is C16H13NO2. The molecule has 0 bridgehead atoms. The first kappa shape index (κ1) is 11.5. The zero-order valence-corrected chi connectivity index (χ0v) is 10.5. The molecule has 0 aliphatic carbocycles. The number of hydrogen-bond acceptors (Lipinski definition) is 2. The molecule has 94 valence electrons. The normalized spacial score (nSPS) is 10.6. The predicted octanol–water partition coefficient (Wildman–Crippen LogP) is 3.76. The Bertz CT molecular complexity index is 710. The van der Waals surface area contributed by atoms with Gasteiger partial charge in [-0.2, -0.15) is 0 Å². The Labute approximate surface area is 110 Å². The first-order chi connectivity index (χ1) is 9.22. The first-order valence-electron chi connectivity index (χ1n) is 6.09. The number of carbonyl (C=O) groups is 1. The van der Waals surface area contributed by atoms with E-state index in [1.807, 2.05) is 36.4 Å². The van der Waals surface area contributed by atoms with Crippen molar-refractivity contribution in [2.24, 2.45) is 0 Å². The lowest BCUT2D eigenvalue weighted by molar-refractivity contribution is -0.131. The van der Waals surface area contributed by atoms with Crippen LogP contribution in [0.3, 0.4) is 0 Å². The smallest absolute Gasteiger partial charge is 0.308 e. The molecule has 0 aliphatic heterocycles. The lowest BCUT2D eigenvalue weighted by Crippen LogP contribution is -2.01. The molecule has 3 heteroatoms. The molecule has 3 aromatic rings. The van der Waals surface area contributed by atoms with Gasteiger partial charge in [0.1, 0.15) is 5.75 Å². The Morgan fingerprint density at radius 2 is 1.89 bits per heavy atom. The van der Waals surface area contributed by atoms with E-state index in [0.29, 0.717) is 5.75 Å². The fourth-order valence-electron chi connectivity index (χ4n) is 2.12. The van der Waals surface area contributed by atoms with Crippen LogP contribution in [-0.2, 0) is 4.79 Å². The molecule has 0 aliphatic rings. The maximum atomic E-state index is 11.0. The van der Waals surface area contributed by atoms with Crippen LogP contribution in [0.4, 0.5) is 0 Å². The Kier molecular flexibility index (Phi) is 2.80. The van der Waals surface area contributed by atoms with Crippen molar-refractivity contribution < 1.29 is 9.53 Å². The second-order valence-electron chi connectivity index (χ2n) is 4.39. The molecular weight excluding hydrogens is 238 g/mol. The molecule has 0 fully saturated rings. The van der Waals surface area contributed by atoms with E-state index in [0.717, 1.165) is 22.2 Å². The molecule has 0 unspecified atom stereocenters. The standard InChI is InChI=1S/C16H13NO2/c1-11(18)19-14-7-4-6-12(9-14)16-10-13-5-2-3-8-15(13)17-16/h2-10,17H,1H3. The number of nitrogens with one attached hydrogen (secondary N) is 1. The number of aromatic amines is 1. The van der Waals surface area contributed by atoms with Crippen LogP contribution in [0, 0.1) is 0 Å². The minimum Gasteiger partial charge on any atom is -0.427 e. The summed E-state index contributed by atoms with van der Waals surface area (Å²) in [6.07, 6.45) is 0. The minimum atomic E-state index is -0.311. The molecule has 2 aromatic carbocycles. The van der Waals surface area contributed by atoms with Gasteiger partial charge < -0.3 is 9.72 Å². The highest BCUT2D eigenvalue weighted by Gasteiger charge is 2.05. The SMILES string of the molecule is CC(=O)Oc1cccc(-c2cc3ccccc3[nH]2)c1. The van der Waals surface area contributed by atoms with Crippen molar-refractivity contribution in [3.63, 3.8) is 0 Å². The summed E-state index contributed by atoms with van der Waals surface area (Å²) in [5.74, 6) is 0.248. The van der Waals surface area contributed by atoms with Crippen molar-refractivity contribution in [2.75, 3.05) is 0 Å². The number of H-pyrrole nitrogens is 1. The Hall–Kier alpha value is -2.55. The van der Waals surface area contributed by atoms with Gasteiger partial charge in [0.25, 0.3) is 0 Å². The predicted molar refractivity (Wildman–Crippen MR) is 75.0 cm³/mol. The third-order valence-electron chi connectivity index (χ3n) is 2.94. The summed E-state index contributed by atoms with van der Waals surface area (Å²) >= 11 is 0. The number of esters is 1. The van der Waals surface area contributed by atoms with Gasteiger partial charge >= 0.3 is 5.97 Å². The number of carbonyl (C=O) groups excluding carboxylic acids is 1. The maximum absolute atomic E-state index is 11.0. The third-order valence-corrected chi connectivity index (χ3v) is 2.94. The number of benzene rings is 2. The van der Waals surface area contributed by atoms with Crippen molar-refractivity contribution >= 4 is 16.9 Å². The summed E-state index contributed by atoms with van der Waals surface area (Å²) in [6, 6.07) is 17.7. The van der Waals surface area contributed by atoms with Gasteiger partial charge in [-0.25, -0.2) is 0 Å². The minimum absolute atomic E-state index is 0.311. The number of fused-ring (bicyclic) bond motifs is 1. The highest BCUT2D eigenvalue weighted by Crippen LogP contribution is 2.26. The quantitative estimate of drug-likeness (QED) is 0.556. The monoisotopic (exact) mass is 251 g/mol. The second kappa shape index (κ2) is 4.61. The van der Waals surface area contributed by atoms with Crippen LogP contribution in [0.5, 0.6) is 5.75 Å². The van der Waals surface area contributed by atoms with Gasteiger partial charge in [-0.3, -0.25) is 4.79 Å². The second-order valence-corrected chi connectivity index (χ2v) is 4.39. The summed E-state index contributed by atoms with van der Waals surface area (Å²) in [6.45, 7) is 1.40. The zero-order chi connectivity index (χ0) is 13.2. The summed E-state index contributed by atoms with van der Waals surface area (Å²) in [7, 11) is 0. The molecule has 0 radical (unpaired) electrons. The van der Waals surface area contributed by atoms with Crippen LogP contribution in [0.15, 0.2) is 54.6 Å². The van der Waals surface area contributed by atoms with E-state index in [2.05, 4.69) is 17.1 Å². The largest absolute Gasteiger partial charge is 0.427 e. The molecule has 19 heavy (non-hydrogen) atoms. The summed E-state index contributed by atoms with van der Waals surface area (Å²) in [4.78, 5) is 14.3. The van der Waals surface area contributed by atoms with Gasteiger partial charge in [-0.1, -0.05) is 30.3 Å². The highest BCUT2D eigenvalue weighted by atomic mass is 16.5. The Balaban J connectivity index is 2.03. The van der Waals surface area contributed by atoms with Gasteiger partial charge in [-0.15, -0.1) is 0 Å². The lowest BCUT2D eigenvalue weighted by atomic mass is 10.1. The summed E-state index contributed by atoms with van der Waals surface area (Å²) in [5, 5.41) is 1.16. The van der Waals surface area contributed by atoms with E-state index in [4.69, 9.17) is 4.74 Å². The van der Waals surface area contributed by atoms with Gasteiger partial charge in [0.15, 0.2) is 0 Å². The van der Waals surface area contributed by atoms with E-state index >= 15 is 0 Å². The average molecular weight is 251 g/mol. The van der Waals surface area contributed by atoms with Crippen LogP contribution in [-0.4, -0.2) is 11.0 Å². The molecule has 1 N–H and O–H groups in total. The van der Waals surface area contributed by atoms with E-state index < -0.39 is 0 Å². The number of aromatic nitrogens is 1. The molecule has 0 saturated carbocycles. The van der Waals surface area contributed by atoms with Crippen LogP contribution < -0.4 is 4.74 Å². The molecule has 3 nitrogen and oxygen atoms in total.